The Hall–Kier alpha value is -0.780. The van der Waals surface area contributed by atoms with Crippen molar-refractivity contribution in [2.45, 2.75) is 6.10 Å². The van der Waals surface area contributed by atoms with E-state index in [1.807, 2.05) is 32.3 Å². The highest BCUT2D eigenvalue weighted by Crippen LogP contribution is 2.43. The Morgan fingerprint density at radius 1 is 0.955 bits per heavy atom. The number of benzene rings is 2. The molecule has 2 aromatic rings. The molecule has 5 heteroatoms. The zero-order chi connectivity index (χ0) is 15.9. The molecule has 22 heavy (non-hydrogen) atoms. The molecule has 0 spiro atoms. The molecule has 0 aliphatic carbocycles. The molecule has 0 aromatic heterocycles. The SMILES string of the molecule is CN(C)C1=Cc2cc(Br)cc(Br)c2OC1c1ccc(Br)cc1. The van der Waals surface area contributed by atoms with Crippen LogP contribution in [0.4, 0.5) is 0 Å². The van der Waals surface area contributed by atoms with Crippen LogP contribution in [0.2, 0.25) is 0 Å². The minimum Gasteiger partial charge on any atom is -0.478 e. The Bertz CT molecular complexity index is 738. The minimum atomic E-state index is -0.118. The van der Waals surface area contributed by atoms with Gasteiger partial charge in [-0.3, -0.25) is 0 Å². The lowest BCUT2D eigenvalue weighted by atomic mass is 10.0. The van der Waals surface area contributed by atoms with Crippen LogP contribution in [0, 0.1) is 0 Å². The van der Waals surface area contributed by atoms with Crippen molar-refractivity contribution >= 4 is 53.9 Å². The summed E-state index contributed by atoms with van der Waals surface area (Å²) in [5.41, 5.74) is 3.32. The van der Waals surface area contributed by atoms with Gasteiger partial charge in [-0.05, 0) is 51.8 Å². The van der Waals surface area contributed by atoms with Gasteiger partial charge in [-0.1, -0.05) is 44.0 Å². The third-order valence-corrected chi connectivity index (χ3v) is 5.11. The quantitative estimate of drug-likeness (QED) is 0.514. The highest BCUT2D eigenvalue weighted by atomic mass is 79.9. The van der Waals surface area contributed by atoms with Crippen LogP contribution in [-0.4, -0.2) is 19.0 Å². The zero-order valence-electron chi connectivity index (χ0n) is 12.1. The number of rotatable bonds is 2. The van der Waals surface area contributed by atoms with Crippen LogP contribution < -0.4 is 4.74 Å². The van der Waals surface area contributed by atoms with Gasteiger partial charge in [0.1, 0.15) is 5.75 Å². The molecular weight excluding hydrogens is 474 g/mol. The maximum absolute atomic E-state index is 6.32. The maximum atomic E-state index is 6.32. The number of ether oxygens (including phenoxy) is 1. The van der Waals surface area contributed by atoms with Crippen LogP contribution in [0.15, 0.2) is 55.5 Å². The van der Waals surface area contributed by atoms with Crippen molar-refractivity contribution in [3.8, 4) is 5.75 Å². The Morgan fingerprint density at radius 2 is 1.64 bits per heavy atom. The first-order chi connectivity index (χ1) is 10.5. The molecule has 1 heterocycles. The number of nitrogens with zero attached hydrogens (tertiary/aromatic N) is 1. The molecule has 0 saturated heterocycles. The van der Waals surface area contributed by atoms with Gasteiger partial charge in [0, 0.05) is 28.6 Å². The lowest BCUT2D eigenvalue weighted by Crippen LogP contribution is -2.24. The summed E-state index contributed by atoms with van der Waals surface area (Å²) in [4.78, 5) is 2.10. The van der Waals surface area contributed by atoms with E-state index in [0.29, 0.717) is 0 Å². The van der Waals surface area contributed by atoms with E-state index >= 15 is 0 Å². The first kappa shape index (κ1) is 16.1. The number of likely N-dealkylation sites (N-methyl/N-ethyl adjacent to an activating group) is 1. The molecule has 0 bridgehead atoms. The molecule has 1 unspecified atom stereocenters. The molecule has 1 atom stereocenters. The van der Waals surface area contributed by atoms with Gasteiger partial charge >= 0.3 is 0 Å². The van der Waals surface area contributed by atoms with E-state index in [-0.39, 0.29) is 6.10 Å². The highest BCUT2D eigenvalue weighted by Gasteiger charge is 2.27. The molecule has 1 aliphatic heterocycles. The number of halogens is 3. The lowest BCUT2D eigenvalue weighted by molar-refractivity contribution is 0.203. The summed E-state index contributed by atoms with van der Waals surface area (Å²) in [6, 6.07) is 12.3. The summed E-state index contributed by atoms with van der Waals surface area (Å²) < 4.78 is 9.37. The predicted molar refractivity (Wildman–Crippen MR) is 101 cm³/mol. The first-order valence-corrected chi connectivity index (χ1v) is 9.13. The molecule has 0 saturated carbocycles. The minimum absolute atomic E-state index is 0.118. The average Bonchev–Trinajstić information content (AvgIpc) is 2.47. The third-order valence-electron chi connectivity index (χ3n) is 3.53. The Labute approximate surface area is 155 Å². The van der Waals surface area contributed by atoms with E-state index in [4.69, 9.17) is 4.74 Å². The number of hydrogen-bond donors (Lipinski definition) is 0. The van der Waals surface area contributed by atoms with Gasteiger partial charge in [0.05, 0.1) is 10.2 Å². The molecular formula is C17H14Br3NO. The van der Waals surface area contributed by atoms with Crippen LogP contribution in [0.5, 0.6) is 5.75 Å². The monoisotopic (exact) mass is 485 g/mol. The van der Waals surface area contributed by atoms with E-state index in [9.17, 15) is 0 Å². The van der Waals surface area contributed by atoms with Gasteiger partial charge in [0.2, 0.25) is 0 Å². The fraction of sp³-hybridized carbons (Fsp3) is 0.176. The molecule has 1 aliphatic rings. The van der Waals surface area contributed by atoms with Crippen molar-refractivity contribution in [3.05, 3.63) is 66.6 Å². The average molecular weight is 488 g/mol. The van der Waals surface area contributed by atoms with Gasteiger partial charge in [-0.25, -0.2) is 0 Å². The lowest BCUT2D eigenvalue weighted by Gasteiger charge is -2.32. The summed E-state index contributed by atoms with van der Waals surface area (Å²) in [7, 11) is 4.08. The van der Waals surface area contributed by atoms with Gasteiger partial charge in [0.25, 0.3) is 0 Å². The van der Waals surface area contributed by atoms with Crippen molar-refractivity contribution in [2.75, 3.05) is 14.1 Å². The molecule has 2 nitrogen and oxygen atoms in total. The summed E-state index contributed by atoms with van der Waals surface area (Å²) >= 11 is 10.6. The van der Waals surface area contributed by atoms with Crippen molar-refractivity contribution in [1.29, 1.82) is 0 Å². The second-order valence-corrected chi connectivity index (χ2v) is 8.00. The molecule has 0 fully saturated rings. The number of hydrogen-bond acceptors (Lipinski definition) is 2. The Kier molecular flexibility index (Phi) is 4.67. The van der Waals surface area contributed by atoms with E-state index in [1.54, 1.807) is 0 Å². The van der Waals surface area contributed by atoms with Crippen molar-refractivity contribution < 1.29 is 4.74 Å². The van der Waals surface area contributed by atoms with Gasteiger partial charge in [0.15, 0.2) is 6.10 Å². The maximum Gasteiger partial charge on any atom is 0.163 e. The van der Waals surface area contributed by atoms with Gasteiger partial charge in [-0.15, -0.1) is 0 Å². The molecule has 3 rings (SSSR count). The first-order valence-electron chi connectivity index (χ1n) is 6.76. The second kappa shape index (κ2) is 6.38. The van der Waals surface area contributed by atoms with E-state index in [2.05, 4.69) is 77.0 Å². The number of fused-ring (bicyclic) bond motifs is 1. The topological polar surface area (TPSA) is 12.5 Å². The summed E-state index contributed by atoms with van der Waals surface area (Å²) in [6.07, 6.45) is 2.06. The zero-order valence-corrected chi connectivity index (χ0v) is 16.9. The normalized spacial score (nSPS) is 16.6. The van der Waals surface area contributed by atoms with E-state index < -0.39 is 0 Å². The van der Waals surface area contributed by atoms with E-state index in [0.717, 1.165) is 36.0 Å². The predicted octanol–water partition coefficient (Wildman–Crippen LogP) is 6.01. The van der Waals surface area contributed by atoms with Crippen molar-refractivity contribution in [1.82, 2.24) is 4.90 Å². The van der Waals surface area contributed by atoms with Crippen LogP contribution in [-0.2, 0) is 0 Å². The summed E-state index contributed by atoms with van der Waals surface area (Å²) in [5.74, 6) is 0.877. The fourth-order valence-corrected chi connectivity index (χ4v) is 4.08. The van der Waals surface area contributed by atoms with Crippen LogP contribution in [0.3, 0.4) is 0 Å². The Balaban J connectivity index is 2.11. The largest absolute Gasteiger partial charge is 0.478 e. The molecule has 114 valence electrons. The van der Waals surface area contributed by atoms with E-state index in [1.165, 1.54) is 0 Å². The van der Waals surface area contributed by atoms with Crippen molar-refractivity contribution in [3.63, 3.8) is 0 Å². The van der Waals surface area contributed by atoms with Gasteiger partial charge < -0.3 is 9.64 Å². The summed E-state index contributed by atoms with van der Waals surface area (Å²) in [6.45, 7) is 0. The van der Waals surface area contributed by atoms with Gasteiger partial charge in [-0.2, -0.15) is 0 Å². The van der Waals surface area contributed by atoms with Crippen LogP contribution in [0.25, 0.3) is 6.08 Å². The van der Waals surface area contributed by atoms with Crippen LogP contribution in [0.1, 0.15) is 17.2 Å². The second-order valence-electron chi connectivity index (χ2n) is 5.32. The standard InChI is InChI=1S/C17H14Br3NO/c1-21(2)15-8-11-7-13(19)9-14(20)16(11)22-17(15)10-3-5-12(18)6-4-10/h3-9,17H,1-2H3. The third kappa shape index (κ3) is 3.12. The smallest absolute Gasteiger partial charge is 0.163 e. The fourth-order valence-electron chi connectivity index (χ4n) is 2.47. The molecule has 0 radical (unpaired) electrons. The Morgan fingerprint density at radius 3 is 2.27 bits per heavy atom. The summed E-state index contributed by atoms with van der Waals surface area (Å²) in [5, 5.41) is 0. The molecule has 0 amide bonds. The van der Waals surface area contributed by atoms with Crippen molar-refractivity contribution in [2.24, 2.45) is 0 Å². The van der Waals surface area contributed by atoms with Crippen LogP contribution >= 0.6 is 47.8 Å². The molecule has 0 N–H and O–H groups in total. The molecule has 2 aromatic carbocycles. The highest BCUT2D eigenvalue weighted by molar-refractivity contribution is 9.11.